The van der Waals surface area contributed by atoms with Crippen molar-refractivity contribution >= 4 is 28.5 Å². The molecule has 0 radical (unpaired) electrons. The highest BCUT2D eigenvalue weighted by Crippen LogP contribution is 2.28. The normalized spacial score (nSPS) is 10.9. The molecule has 1 heterocycles. The van der Waals surface area contributed by atoms with E-state index >= 15 is 0 Å². The van der Waals surface area contributed by atoms with Crippen LogP contribution in [0.1, 0.15) is 17.5 Å². The number of H-pyrrole nitrogens is 1. The van der Waals surface area contributed by atoms with Gasteiger partial charge in [-0.3, -0.25) is 4.79 Å². The molecule has 0 saturated carbocycles. The van der Waals surface area contributed by atoms with Crippen LogP contribution < -0.4 is 0 Å². The molecule has 2 N–H and O–H groups in total. The summed E-state index contributed by atoms with van der Waals surface area (Å²) < 4.78 is 0. The van der Waals surface area contributed by atoms with Crippen molar-refractivity contribution in [2.75, 3.05) is 0 Å². The maximum absolute atomic E-state index is 10.6. The fraction of sp³-hybridized carbons (Fsp3) is 0.250. The van der Waals surface area contributed by atoms with Crippen molar-refractivity contribution in [2.45, 2.75) is 19.8 Å². The molecule has 0 aliphatic heterocycles. The van der Waals surface area contributed by atoms with Gasteiger partial charge in [-0.1, -0.05) is 23.2 Å². The summed E-state index contributed by atoms with van der Waals surface area (Å²) in [6, 6.07) is 5.98. The van der Waals surface area contributed by atoms with Gasteiger partial charge in [-0.15, -0.1) is 0 Å². The zero-order chi connectivity index (χ0) is 11.7. The zero-order valence-corrected chi connectivity index (χ0v) is 9.64. The van der Waals surface area contributed by atoms with Gasteiger partial charge < -0.3 is 10.1 Å². The first-order valence-corrected chi connectivity index (χ1v) is 5.44. The van der Waals surface area contributed by atoms with Crippen LogP contribution in [0.5, 0.6) is 0 Å². The second kappa shape index (κ2) is 4.18. The van der Waals surface area contributed by atoms with Crippen LogP contribution in [-0.2, 0) is 11.2 Å². The molecule has 0 saturated heterocycles. The predicted molar refractivity (Wildman–Crippen MR) is 64.0 cm³/mol. The smallest absolute Gasteiger partial charge is 0.303 e. The quantitative estimate of drug-likeness (QED) is 0.862. The standard InChI is InChI=1S/C12H12ClNO2/c1-7-2-4-10-9(6-7)8(12(13)14-10)3-5-11(15)16/h2,4,6,14H,3,5H2,1H3,(H,15,16). The van der Waals surface area contributed by atoms with E-state index in [1.165, 1.54) is 0 Å². The summed E-state index contributed by atoms with van der Waals surface area (Å²) in [6.07, 6.45) is 0.554. The highest BCUT2D eigenvalue weighted by atomic mass is 35.5. The van der Waals surface area contributed by atoms with Gasteiger partial charge in [-0.25, -0.2) is 0 Å². The fourth-order valence-electron chi connectivity index (χ4n) is 1.81. The third kappa shape index (κ3) is 2.04. The second-order valence-corrected chi connectivity index (χ2v) is 4.24. The lowest BCUT2D eigenvalue weighted by Crippen LogP contribution is -1.97. The highest BCUT2D eigenvalue weighted by Gasteiger charge is 2.11. The Morgan fingerprint density at radius 3 is 2.94 bits per heavy atom. The van der Waals surface area contributed by atoms with E-state index < -0.39 is 5.97 Å². The van der Waals surface area contributed by atoms with E-state index in [2.05, 4.69) is 4.98 Å². The molecule has 0 spiro atoms. The Morgan fingerprint density at radius 1 is 1.50 bits per heavy atom. The van der Waals surface area contributed by atoms with Crippen LogP contribution in [-0.4, -0.2) is 16.1 Å². The summed E-state index contributed by atoms with van der Waals surface area (Å²) in [4.78, 5) is 13.6. The molecule has 1 aromatic carbocycles. The molecule has 3 nitrogen and oxygen atoms in total. The molecule has 0 aliphatic rings. The van der Waals surface area contributed by atoms with Crippen LogP contribution in [0.2, 0.25) is 5.15 Å². The van der Waals surface area contributed by atoms with Crippen molar-refractivity contribution in [3.8, 4) is 0 Å². The van der Waals surface area contributed by atoms with Gasteiger partial charge in [0.25, 0.3) is 0 Å². The summed E-state index contributed by atoms with van der Waals surface area (Å²) in [5, 5.41) is 10.2. The highest BCUT2D eigenvalue weighted by molar-refractivity contribution is 6.31. The van der Waals surface area contributed by atoms with Gasteiger partial charge >= 0.3 is 5.97 Å². The minimum Gasteiger partial charge on any atom is -0.481 e. The summed E-state index contributed by atoms with van der Waals surface area (Å²) in [6.45, 7) is 2.00. The molecule has 16 heavy (non-hydrogen) atoms. The van der Waals surface area contributed by atoms with E-state index in [1.54, 1.807) is 0 Å². The summed E-state index contributed by atoms with van der Waals surface area (Å²) >= 11 is 6.05. The van der Waals surface area contributed by atoms with Gasteiger partial charge in [0, 0.05) is 17.3 Å². The molecule has 0 amide bonds. The van der Waals surface area contributed by atoms with E-state index in [0.717, 1.165) is 22.0 Å². The van der Waals surface area contributed by atoms with Gasteiger partial charge in [0.2, 0.25) is 0 Å². The van der Waals surface area contributed by atoms with Gasteiger partial charge in [-0.2, -0.15) is 0 Å². The number of aryl methyl sites for hydroxylation is 2. The number of fused-ring (bicyclic) bond motifs is 1. The number of aromatic amines is 1. The van der Waals surface area contributed by atoms with Crippen molar-refractivity contribution in [1.82, 2.24) is 4.98 Å². The lowest BCUT2D eigenvalue weighted by molar-refractivity contribution is -0.136. The molecule has 0 unspecified atom stereocenters. The molecular weight excluding hydrogens is 226 g/mol. The number of aliphatic carboxylic acids is 1. The number of carboxylic acid groups (broad SMARTS) is 1. The molecule has 0 fully saturated rings. The van der Waals surface area contributed by atoms with Crippen molar-refractivity contribution in [3.63, 3.8) is 0 Å². The van der Waals surface area contributed by atoms with Crippen molar-refractivity contribution < 1.29 is 9.90 Å². The molecule has 1 aromatic heterocycles. The Kier molecular flexibility index (Phi) is 2.88. The third-order valence-corrected chi connectivity index (χ3v) is 2.92. The zero-order valence-electron chi connectivity index (χ0n) is 8.88. The number of aromatic nitrogens is 1. The van der Waals surface area contributed by atoms with Gasteiger partial charge in [0.05, 0.1) is 0 Å². The maximum Gasteiger partial charge on any atom is 0.303 e. The fourth-order valence-corrected chi connectivity index (χ4v) is 2.10. The number of nitrogens with one attached hydrogen (secondary N) is 1. The lowest BCUT2D eigenvalue weighted by Gasteiger charge is -1.98. The Bertz CT molecular complexity index is 545. The average molecular weight is 238 g/mol. The molecular formula is C12H12ClNO2. The Hall–Kier alpha value is -1.48. The van der Waals surface area contributed by atoms with E-state index in [4.69, 9.17) is 16.7 Å². The van der Waals surface area contributed by atoms with Crippen LogP contribution in [0.3, 0.4) is 0 Å². The topological polar surface area (TPSA) is 53.1 Å². The number of rotatable bonds is 3. The Labute approximate surface area is 98.0 Å². The van der Waals surface area contributed by atoms with Crippen molar-refractivity contribution in [1.29, 1.82) is 0 Å². The number of carboxylic acids is 1. The average Bonchev–Trinajstić information content (AvgIpc) is 2.51. The number of hydrogen-bond acceptors (Lipinski definition) is 1. The molecule has 0 aliphatic carbocycles. The molecule has 84 valence electrons. The number of hydrogen-bond donors (Lipinski definition) is 2. The molecule has 2 aromatic rings. The number of carbonyl (C=O) groups is 1. The summed E-state index contributed by atoms with van der Waals surface area (Å²) in [5.41, 5.74) is 2.98. The minimum absolute atomic E-state index is 0.0978. The second-order valence-electron chi connectivity index (χ2n) is 3.86. The summed E-state index contributed by atoms with van der Waals surface area (Å²) in [7, 11) is 0. The lowest BCUT2D eigenvalue weighted by atomic mass is 10.1. The van der Waals surface area contributed by atoms with Crippen LogP contribution in [0, 0.1) is 6.92 Å². The SMILES string of the molecule is Cc1ccc2[nH]c(Cl)c(CCC(=O)O)c2c1. The molecule has 0 bridgehead atoms. The number of halogens is 1. The van der Waals surface area contributed by atoms with E-state index in [-0.39, 0.29) is 6.42 Å². The molecule has 2 rings (SSSR count). The van der Waals surface area contributed by atoms with Crippen LogP contribution in [0.25, 0.3) is 10.9 Å². The van der Waals surface area contributed by atoms with E-state index in [1.807, 2.05) is 25.1 Å². The summed E-state index contributed by atoms with van der Waals surface area (Å²) in [5.74, 6) is -0.807. The monoisotopic (exact) mass is 237 g/mol. The van der Waals surface area contributed by atoms with Crippen LogP contribution in [0.15, 0.2) is 18.2 Å². The predicted octanol–water partition coefficient (Wildman–Crippen LogP) is 3.15. The first-order valence-electron chi connectivity index (χ1n) is 5.06. The first kappa shape index (κ1) is 11.0. The van der Waals surface area contributed by atoms with Crippen molar-refractivity contribution in [3.05, 3.63) is 34.5 Å². The Morgan fingerprint density at radius 2 is 2.25 bits per heavy atom. The van der Waals surface area contributed by atoms with Crippen LogP contribution in [0.4, 0.5) is 0 Å². The molecule has 0 atom stereocenters. The Balaban J connectivity index is 2.45. The minimum atomic E-state index is -0.807. The maximum atomic E-state index is 10.6. The van der Waals surface area contributed by atoms with E-state index in [9.17, 15) is 4.79 Å². The number of benzene rings is 1. The van der Waals surface area contributed by atoms with Gasteiger partial charge in [-0.05, 0) is 31.0 Å². The van der Waals surface area contributed by atoms with Gasteiger partial charge in [0.1, 0.15) is 5.15 Å². The van der Waals surface area contributed by atoms with Gasteiger partial charge in [0.15, 0.2) is 0 Å². The van der Waals surface area contributed by atoms with E-state index in [0.29, 0.717) is 11.6 Å². The third-order valence-electron chi connectivity index (χ3n) is 2.60. The largest absolute Gasteiger partial charge is 0.481 e. The van der Waals surface area contributed by atoms with Crippen LogP contribution >= 0.6 is 11.6 Å². The van der Waals surface area contributed by atoms with Crippen molar-refractivity contribution in [2.24, 2.45) is 0 Å². The first-order chi connectivity index (χ1) is 7.58. The molecule has 4 heteroatoms.